The maximum atomic E-state index is 13.1. The highest BCUT2D eigenvalue weighted by atomic mass is 32.2. The van der Waals surface area contributed by atoms with Crippen LogP contribution in [0, 0.1) is 17.1 Å². The van der Waals surface area contributed by atoms with Crippen molar-refractivity contribution in [2.45, 2.75) is 11.4 Å². The third kappa shape index (κ3) is 3.81. The molecule has 7 nitrogen and oxygen atoms in total. The van der Waals surface area contributed by atoms with Crippen LogP contribution < -0.4 is 10.3 Å². The Hall–Kier alpha value is -3.90. The third-order valence-corrected chi connectivity index (χ3v) is 5.91. The first-order chi connectivity index (χ1) is 14.4. The van der Waals surface area contributed by atoms with Gasteiger partial charge in [0, 0.05) is 5.69 Å². The summed E-state index contributed by atoms with van der Waals surface area (Å²) in [5, 5.41) is 12.2. The molecule has 0 unspecified atom stereocenters. The summed E-state index contributed by atoms with van der Waals surface area (Å²) in [4.78, 5) is 12.7. The van der Waals surface area contributed by atoms with E-state index in [0.29, 0.717) is 10.9 Å². The van der Waals surface area contributed by atoms with Crippen LogP contribution in [-0.4, -0.2) is 18.2 Å². The number of aromatic nitrogens is 2. The number of nitrogens with one attached hydrogen (secondary N) is 2. The molecule has 0 atom stereocenters. The number of fused-ring (bicyclic) bond motifs is 1. The van der Waals surface area contributed by atoms with Gasteiger partial charge >= 0.3 is 0 Å². The summed E-state index contributed by atoms with van der Waals surface area (Å²) in [6, 6.07) is 17.9. The first kappa shape index (κ1) is 19.4. The summed E-state index contributed by atoms with van der Waals surface area (Å²) >= 11 is 0. The van der Waals surface area contributed by atoms with Crippen LogP contribution >= 0.6 is 0 Å². The second kappa shape index (κ2) is 7.50. The molecule has 0 spiro atoms. The van der Waals surface area contributed by atoms with E-state index in [1.54, 1.807) is 18.2 Å². The van der Waals surface area contributed by atoms with Crippen LogP contribution in [0.1, 0.15) is 11.1 Å². The zero-order valence-electron chi connectivity index (χ0n) is 15.5. The van der Waals surface area contributed by atoms with Gasteiger partial charge in [-0.05, 0) is 54.1 Å². The Labute approximate surface area is 171 Å². The predicted molar refractivity (Wildman–Crippen MR) is 110 cm³/mol. The number of hydrogen-bond acceptors (Lipinski definition) is 4. The Kier molecular flexibility index (Phi) is 4.85. The monoisotopic (exact) mass is 422 g/mol. The Balaban J connectivity index is 1.65. The highest BCUT2D eigenvalue weighted by Crippen LogP contribution is 2.20. The van der Waals surface area contributed by atoms with E-state index >= 15 is 0 Å². The van der Waals surface area contributed by atoms with Crippen LogP contribution in [0.3, 0.4) is 0 Å². The summed E-state index contributed by atoms with van der Waals surface area (Å²) in [7, 11) is -3.93. The van der Waals surface area contributed by atoms with Gasteiger partial charge in [-0.1, -0.05) is 18.2 Å². The van der Waals surface area contributed by atoms with Crippen molar-refractivity contribution in [3.05, 3.63) is 94.0 Å². The minimum Gasteiger partial charge on any atom is -0.295 e. The molecule has 3 aromatic carbocycles. The van der Waals surface area contributed by atoms with Crippen molar-refractivity contribution >= 4 is 26.6 Å². The van der Waals surface area contributed by atoms with E-state index in [2.05, 4.69) is 9.82 Å². The molecule has 0 bridgehead atoms. The molecular weight excluding hydrogens is 407 g/mol. The zero-order chi connectivity index (χ0) is 21.3. The number of nitrogens with zero attached hydrogens (tertiary/aromatic N) is 2. The van der Waals surface area contributed by atoms with E-state index in [1.165, 1.54) is 53.2 Å². The number of nitriles is 1. The fraction of sp³-hybridized carbons (Fsp3) is 0.0476. The topological polar surface area (TPSA) is 108 Å². The van der Waals surface area contributed by atoms with Crippen LogP contribution in [0.5, 0.6) is 0 Å². The predicted octanol–water partition coefficient (Wildman–Crippen LogP) is 3.19. The summed E-state index contributed by atoms with van der Waals surface area (Å²) in [6.07, 6.45) is 0. The second-order valence-corrected chi connectivity index (χ2v) is 8.32. The lowest BCUT2D eigenvalue weighted by atomic mass is 10.2. The van der Waals surface area contributed by atoms with Gasteiger partial charge in [-0.3, -0.25) is 14.6 Å². The lowest BCUT2D eigenvalue weighted by Gasteiger charge is -2.08. The van der Waals surface area contributed by atoms with E-state index in [1.807, 2.05) is 6.07 Å². The molecular formula is C21H15FN4O3S. The van der Waals surface area contributed by atoms with Gasteiger partial charge in [0.1, 0.15) is 5.82 Å². The molecule has 0 radical (unpaired) electrons. The third-order valence-electron chi connectivity index (χ3n) is 4.53. The van der Waals surface area contributed by atoms with Crippen molar-refractivity contribution in [3.63, 3.8) is 0 Å². The number of hydrogen-bond donors (Lipinski definition) is 2. The molecule has 1 heterocycles. The van der Waals surface area contributed by atoms with Gasteiger partial charge < -0.3 is 0 Å². The normalized spacial score (nSPS) is 11.3. The van der Waals surface area contributed by atoms with Gasteiger partial charge in [0.05, 0.1) is 34.0 Å². The molecule has 0 fully saturated rings. The Morgan fingerprint density at radius 2 is 1.83 bits per heavy atom. The number of H-pyrrole nitrogens is 1. The molecule has 0 aliphatic rings. The van der Waals surface area contributed by atoms with E-state index in [9.17, 15) is 17.6 Å². The van der Waals surface area contributed by atoms with Gasteiger partial charge in [0.2, 0.25) is 0 Å². The zero-order valence-corrected chi connectivity index (χ0v) is 16.3. The molecule has 4 rings (SSSR count). The molecule has 30 heavy (non-hydrogen) atoms. The van der Waals surface area contributed by atoms with Crippen molar-refractivity contribution in [3.8, 4) is 6.07 Å². The lowest BCUT2D eigenvalue weighted by molar-refractivity contribution is 0.601. The van der Waals surface area contributed by atoms with E-state index in [4.69, 9.17) is 5.26 Å². The van der Waals surface area contributed by atoms with Crippen molar-refractivity contribution in [1.82, 2.24) is 9.78 Å². The van der Waals surface area contributed by atoms with Gasteiger partial charge in [0.25, 0.3) is 15.6 Å². The average molecular weight is 422 g/mol. The number of sulfonamides is 1. The molecule has 9 heteroatoms. The standard InChI is InChI=1S/C21H15FN4O3S/c22-16-6-4-14(5-7-16)13-26-21(27)19-11-17(8-9-20(19)24-26)25-30(28,29)18-3-1-2-15(10-18)12-23/h1-11,24-25H,13H2. The van der Waals surface area contributed by atoms with Gasteiger partial charge in [-0.2, -0.15) is 5.26 Å². The van der Waals surface area contributed by atoms with Crippen molar-refractivity contribution in [1.29, 1.82) is 5.26 Å². The van der Waals surface area contributed by atoms with Crippen LogP contribution in [0.2, 0.25) is 0 Å². The van der Waals surface area contributed by atoms with Crippen molar-refractivity contribution < 1.29 is 12.8 Å². The van der Waals surface area contributed by atoms with Gasteiger partial charge in [0.15, 0.2) is 0 Å². The van der Waals surface area contributed by atoms with E-state index in [0.717, 1.165) is 5.56 Å². The number of halogens is 1. The van der Waals surface area contributed by atoms with Crippen LogP contribution in [-0.2, 0) is 16.6 Å². The number of anilines is 1. The summed E-state index contributed by atoms with van der Waals surface area (Å²) in [5.74, 6) is -0.361. The SMILES string of the molecule is N#Cc1cccc(S(=O)(=O)Nc2ccc3[nH]n(Cc4ccc(F)cc4)c(=O)c3c2)c1. The van der Waals surface area contributed by atoms with Crippen LogP contribution in [0.25, 0.3) is 10.9 Å². The summed E-state index contributed by atoms with van der Waals surface area (Å²) < 4.78 is 42.1. The first-order valence-corrected chi connectivity index (χ1v) is 10.3. The fourth-order valence-corrected chi connectivity index (χ4v) is 4.15. The second-order valence-electron chi connectivity index (χ2n) is 6.64. The Morgan fingerprint density at radius 1 is 1.07 bits per heavy atom. The highest BCUT2D eigenvalue weighted by Gasteiger charge is 2.16. The average Bonchev–Trinajstić information content (AvgIpc) is 3.04. The summed E-state index contributed by atoms with van der Waals surface area (Å²) in [5.41, 5.74) is 1.39. The summed E-state index contributed by atoms with van der Waals surface area (Å²) in [6.45, 7) is 0.218. The molecule has 1 aromatic heterocycles. The molecule has 0 amide bonds. The van der Waals surface area contributed by atoms with Crippen LogP contribution in [0.15, 0.2) is 76.4 Å². The Morgan fingerprint density at radius 3 is 2.57 bits per heavy atom. The molecule has 0 saturated carbocycles. The number of aromatic amines is 1. The molecule has 0 aliphatic heterocycles. The van der Waals surface area contributed by atoms with Crippen molar-refractivity contribution in [2.75, 3.05) is 4.72 Å². The number of benzene rings is 3. The smallest absolute Gasteiger partial charge is 0.274 e. The number of rotatable bonds is 5. The maximum absolute atomic E-state index is 13.1. The molecule has 0 saturated heterocycles. The molecule has 0 aliphatic carbocycles. The minimum absolute atomic E-state index is 0.0514. The van der Waals surface area contributed by atoms with Gasteiger partial charge in [-0.25, -0.2) is 17.5 Å². The Bertz CT molecular complexity index is 1450. The lowest BCUT2D eigenvalue weighted by Crippen LogP contribution is -2.17. The quantitative estimate of drug-likeness (QED) is 0.515. The van der Waals surface area contributed by atoms with Crippen LogP contribution in [0.4, 0.5) is 10.1 Å². The van der Waals surface area contributed by atoms with Crippen molar-refractivity contribution in [2.24, 2.45) is 0 Å². The fourth-order valence-electron chi connectivity index (χ4n) is 3.05. The molecule has 4 aromatic rings. The maximum Gasteiger partial charge on any atom is 0.274 e. The minimum atomic E-state index is -3.93. The molecule has 2 N–H and O–H groups in total. The largest absolute Gasteiger partial charge is 0.295 e. The van der Waals surface area contributed by atoms with E-state index in [-0.39, 0.29) is 34.1 Å². The highest BCUT2D eigenvalue weighted by molar-refractivity contribution is 7.92. The van der Waals surface area contributed by atoms with Gasteiger partial charge in [-0.15, -0.1) is 0 Å². The first-order valence-electron chi connectivity index (χ1n) is 8.86. The van der Waals surface area contributed by atoms with E-state index < -0.39 is 10.0 Å². The molecule has 150 valence electrons.